The molecule has 0 aliphatic heterocycles. The second kappa shape index (κ2) is 10.6. The third kappa shape index (κ3) is 5.99. The highest BCUT2D eigenvalue weighted by Gasteiger charge is 2.27. The van der Waals surface area contributed by atoms with Crippen LogP contribution in [0, 0.1) is 12.7 Å². The third-order valence-electron chi connectivity index (χ3n) is 5.55. The molecule has 7 heteroatoms. The normalized spacial score (nSPS) is 11.3. The van der Waals surface area contributed by atoms with Crippen molar-refractivity contribution >= 4 is 21.6 Å². The maximum absolute atomic E-state index is 13.5. The highest BCUT2D eigenvalue weighted by Crippen LogP contribution is 2.24. The van der Waals surface area contributed by atoms with Crippen molar-refractivity contribution < 1.29 is 17.6 Å². The zero-order chi connectivity index (χ0) is 24.0. The smallest absolute Gasteiger partial charge is 0.264 e. The van der Waals surface area contributed by atoms with Crippen LogP contribution < -0.4 is 9.62 Å². The van der Waals surface area contributed by atoms with Gasteiger partial charge in [0.15, 0.2) is 0 Å². The fourth-order valence-corrected chi connectivity index (χ4v) is 4.97. The molecule has 0 aliphatic rings. The quantitative estimate of drug-likeness (QED) is 0.492. The molecule has 0 radical (unpaired) electrons. The highest BCUT2D eigenvalue weighted by atomic mass is 32.2. The van der Waals surface area contributed by atoms with Crippen molar-refractivity contribution in [3.05, 3.63) is 94.8 Å². The minimum atomic E-state index is -4.04. The summed E-state index contributed by atoms with van der Waals surface area (Å²) >= 11 is 0. The molecule has 0 fully saturated rings. The monoisotopic (exact) mass is 468 g/mol. The first-order valence-corrected chi connectivity index (χ1v) is 12.4. The number of amides is 1. The van der Waals surface area contributed by atoms with Gasteiger partial charge in [0.05, 0.1) is 10.6 Å². The minimum absolute atomic E-state index is 0.0640. The van der Waals surface area contributed by atoms with E-state index in [1.54, 1.807) is 12.1 Å². The van der Waals surface area contributed by atoms with E-state index in [-0.39, 0.29) is 10.6 Å². The average molecular weight is 469 g/mol. The van der Waals surface area contributed by atoms with Crippen molar-refractivity contribution in [3.63, 3.8) is 0 Å². The molecule has 0 saturated carbocycles. The van der Waals surface area contributed by atoms with Crippen LogP contribution in [-0.2, 0) is 34.2 Å². The lowest BCUT2D eigenvalue weighted by atomic mass is 10.0. The Morgan fingerprint density at radius 1 is 0.909 bits per heavy atom. The van der Waals surface area contributed by atoms with Gasteiger partial charge in [0.25, 0.3) is 10.0 Å². The first-order valence-electron chi connectivity index (χ1n) is 11.0. The lowest BCUT2D eigenvalue weighted by molar-refractivity contribution is -0.119. The summed E-state index contributed by atoms with van der Waals surface area (Å²) in [4.78, 5) is 12.9. The molecular formula is C26H29FN2O3S. The molecule has 5 nitrogen and oxygen atoms in total. The molecule has 0 spiro atoms. The number of hydrogen-bond acceptors (Lipinski definition) is 3. The maximum atomic E-state index is 13.5. The molecule has 0 unspecified atom stereocenters. The fraction of sp³-hybridized carbons (Fsp3) is 0.269. The van der Waals surface area contributed by atoms with E-state index in [0.717, 1.165) is 33.8 Å². The van der Waals surface area contributed by atoms with Crippen molar-refractivity contribution in [1.82, 2.24) is 5.32 Å². The Kier molecular flexibility index (Phi) is 7.87. The van der Waals surface area contributed by atoms with Crippen LogP contribution in [0.4, 0.5) is 10.1 Å². The van der Waals surface area contributed by atoms with Crippen molar-refractivity contribution in [1.29, 1.82) is 0 Å². The number of anilines is 1. The Hall–Kier alpha value is -3.19. The lowest BCUT2D eigenvalue weighted by Gasteiger charge is -2.24. The first kappa shape index (κ1) is 24.5. The largest absolute Gasteiger partial charge is 0.350 e. The predicted molar refractivity (Wildman–Crippen MR) is 129 cm³/mol. The van der Waals surface area contributed by atoms with Gasteiger partial charge in [0, 0.05) is 6.54 Å². The van der Waals surface area contributed by atoms with E-state index in [1.807, 2.05) is 6.92 Å². The summed E-state index contributed by atoms with van der Waals surface area (Å²) in [6.07, 6.45) is 1.72. The number of benzene rings is 3. The molecule has 0 heterocycles. The summed E-state index contributed by atoms with van der Waals surface area (Å²) in [5.74, 6) is -0.933. The van der Waals surface area contributed by atoms with Crippen molar-refractivity contribution in [2.24, 2.45) is 0 Å². The molecule has 0 aliphatic carbocycles. The van der Waals surface area contributed by atoms with Crippen molar-refractivity contribution in [2.75, 3.05) is 10.8 Å². The van der Waals surface area contributed by atoms with Crippen LogP contribution >= 0.6 is 0 Å². The second-order valence-corrected chi connectivity index (χ2v) is 9.75. The van der Waals surface area contributed by atoms with Crippen LogP contribution in [0.3, 0.4) is 0 Å². The molecule has 33 heavy (non-hydrogen) atoms. The predicted octanol–water partition coefficient (Wildman–Crippen LogP) is 4.77. The summed E-state index contributed by atoms with van der Waals surface area (Å²) in [6, 6.07) is 17.7. The topological polar surface area (TPSA) is 66.5 Å². The molecule has 3 aromatic carbocycles. The molecule has 3 aromatic rings. The van der Waals surface area contributed by atoms with Crippen LogP contribution in [0.15, 0.2) is 71.6 Å². The van der Waals surface area contributed by atoms with Gasteiger partial charge in [-0.3, -0.25) is 9.10 Å². The molecule has 0 bridgehead atoms. The van der Waals surface area contributed by atoms with Gasteiger partial charge in [-0.1, -0.05) is 49.7 Å². The second-order valence-electron chi connectivity index (χ2n) is 7.89. The lowest BCUT2D eigenvalue weighted by Crippen LogP contribution is -2.40. The van der Waals surface area contributed by atoms with Crippen LogP contribution in [0.2, 0.25) is 0 Å². The van der Waals surface area contributed by atoms with E-state index in [0.29, 0.717) is 6.54 Å². The van der Waals surface area contributed by atoms with E-state index < -0.39 is 28.3 Å². The number of sulfonamides is 1. The van der Waals surface area contributed by atoms with Crippen LogP contribution in [0.5, 0.6) is 0 Å². The zero-order valence-corrected chi connectivity index (χ0v) is 20.0. The summed E-state index contributed by atoms with van der Waals surface area (Å²) in [5.41, 5.74) is 4.46. The first-order chi connectivity index (χ1) is 15.7. The Morgan fingerprint density at radius 3 is 2.18 bits per heavy atom. The maximum Gasteiger partial charge on any atom is 0.264 e. The van der Waals surface area contributed by atoms with Gasteiger partial charge in [-0.15, -0.1) is 0 Å². The number of aryl methyl sites for hydroxylation is 3. The summed E-state index contributed by atoms with van der Waals surface area (Å²) in [6.45, 7) is 5.87. The van der Waals surface area contributed by atoms with Crippen LogP contribution in [-0.4, -0.2) is 20.9 Å². The van der Waals surface area contributed by atoms with Gasteiger partial charge in [-0.2, -0.15) is 0 Å². The Morgan fingerprint density at radius 2 is 1.58 bits per heavy atom. The number of nitrogens with one attached hydrogen (secondary N) is 1. The van der Waals surface area contributed by atoms with E-state index in [2.05, 4.69) is 37.4 Å². The van der Waals surface area contributed by atoms with Crippen LogP contribution in [0.1, 0.15) is 36.1 Å². The van der Waals surface area contributed by atoms with Gasteiger partial charge >= 0.3 is 0 Å². The fourth-order valence-electron chi connectivity index (χ4n) is 3.55. The van der Waals surface area contributed by atoms with Crippen LogP contribution in [0.25, 0.3) is 0 Å². The Labute approximate surface area is 195 Å². The van der Waals surface area contributed by atoms with Gasteiger partial charge < -0.3 is 5.32 Å². The number of carbonyl (C=O) groups is 1. The van der Waals surface area contributed by atoms with Crippen molar-refractivity contribution in [3.8, 4) is 0 Å². The number of halogens is 1. The zero-order valence-electron chi connectivity index (χ0n) is 19.1. The summed E-state index contributed by atoms with van der Waals surface area (Å²) < 4.78 is 41.2. The molecule has 0 atom stereocenters. The number of hydrogen-bond donors (Lipinski definition) is 1. The molecular weight excluding hydrogens is 439 g/mol. The van der Waals surface area contributed by atoms with E-state index in [4.69, 9.17) is 0 Å². The van der Waals surface area contributed by atoms with E-state index >= 15 is 0 Å². The molecule has 1 N–H and O–H groups in total. The van der Waals surface area contributed by atoms with Gasteiger partial charge in [0.2, 0.25) is 5.91 Å². The molecule has 1 amide bonds. The Bertz CT molecular complexity index is 1210. The number of nitrogens with zero attached hydrogens (tertiary/aromatic N) is 1. The molecule has 174 valence electrons. The van der Waals surface area contributed by atoms with E-state index in [1.165, 1.54) is 42.0 Å². The number of carbonyl (C=O) groups excluding carboxylic acids is 1. The Balaban J connectivity index is 1.85. The molecule has 0 aromatic heterocycles. The van der Waals surface area contributed by atoms with Gasteiger partial charge in [-0.25, -0.2) is 12.8 Å². The standard InChI is InChI=1S/C26H29FN2O3S/c1-4-20-8-9-21(5-2)22(16-20)17-28-26(30)18-29(24-12-10-23(27)11-13-24)33(31,32)25-14-6-19(3)7-15-25/h6-16H,4-5,17-18H2,1-3H3,(H,28,30). The number of rotatable bonds is 9. The minimum Gasteiger partial charge on any atom is -0.350 e. The average Bonchev–Trinajstić information content (AvgIpc) is 2.81. The SMILES string of the molecule is CCc1ccc(CC)c(CNC(=O)CN(c2ccc(F)cc2)S(=O)(=O)c2ccc(C)cc2)c1. The van der Waals surface area contributed by atoms with Gasteiger partial charge in [0.1, 0.15) is 12.4 Å². The summed E-state index contributed by atoms with van der Waals surface area (Å²) in [7, 11) is -4.04. The third-order valence-corrected chi connectivity index (χ3v) is 7.33. The van der Waals surface area contributed by atoms with Crippen molar-refractivity contribution in [2.45, 2.75) is 45.1 Å². The van der Waals surface area contributed by atoms with E-state index in [9.17, 15) is 17.6 Å². The highest BCUT2D eigenvalue weighted by molar-refractivity contribution is 7.92. The molecule has 3 rings (SSSR count). The van der Waals surface area contributed by atoms with Gasteiger partial charge in [-0.05, 0) is 72.9 Å². The molecule has 0 saturated heterocycles. The summed E-state index contributed by atoms with van der Waals surface area (Å²) in [5, 5.41) is 2.85.